The topological polar surface area (TPSA) is 117 Å². The predicted octanol–water partition coefficient (Wildman–Crippen LogP) is 7.86. The van der Waals surface area contributed by atoms with Crippen LogP contribution in [0.3, 0.4) is 0 Å². The van der Waals surface area contributed by atoms with Gasteiger partial charge in [0.15, 0.2) is 0 Å². The number of nitrogens with zero attached hydrogens (tertiary/aromatic N) is 2. The standard InChI is InChI=1S/C40H47ClF4N4O6/c1-38(2,3)24-49-31-16-15-28(41)20-29(31)34(54-32(35(49)51)21-33(50)47-22-27-12-7-8-14-30(27)42)26-13-9-11-25(19-26)23-48(36(52)40(43,44)45)18-10-17-46-37(53)55-39(4,5)6/h7-9,11-16,19-20,32,34H,10,17-18,21-24H2,1-6H3,(H,46,53)(H,47,50). The van der Waals surface area contributed by atoms with E-state index in [0.717, 1.165) is 0 Å². The van der Waals surface area contributed by atoms with Crippen LogP contribution in [0.4, 0.5) is 28.0 Å². The molecule has 3 aromatic carbocycles. The van der Waals surface area contributed by atoms with Gasteiger partial charge in [-0.15, -0.1) is 0 Å². The molecule has 10 nitrogen and oxygen atoms in total. The van der Waals surface area contributed by atoms with Crippen LogP contribution in [0.5, 0.6) is 0 Å². The Hall–Kier alpha value is -4.69. The molecule has 0 fully saturated rings. The molecule has 4 rings (SSSR count). The fraction of sp³-hybridized carbons (Fsp3) is 0.450. The highest BCUT2D eigenvalue weighted by Crippen LogP contribution is 2.41. The normalized spacial score (nSPS) is 16.2. The minimum absolute atomic E-state index is 0.00471. The van der Waals surface area contributed by atoms with E-state index in [9.17, 15) is 36.7 Å². The third-order valence-corrected chi connectivity index (χ3v) is 8.51. The molecule has 2 unspecified atom stereocenters. The van der Waals surface area contributed by atoms with E-state index in [1.54, 1.807) is 74.2 Å². The lowest BCUT2D eigenvalue weighted by Crippen LogP contribution is -2.45. The fourth-order valence-electron chi connectivity index (χ4n) is 5.96. The molecule has 1 heterocycles. The average molecular weight is 791 g/mol. The Morgan fingerprint density at radius 3 is 2.31 bits per heavy atom. The van der Waals surface area contributed by atoms with Gasteiger partial charge < -0.3 is 29.9 Å². The summed E-state index contributed by atoms with van der Waals surface area (Å²) in [6, 6.07) is 17.3. The van der Waals surface area contributed by atoms with Gasteiger partial charge in [-0.05, 0) is 68.0 Å². The Balaban J connectivity index is 1.65. The number of amides is 4. The molecule has 2 N–H and O–H groups in total. The predicted molar refractivity (Wildman–Crippen MR) is 200 cm³/mol. The van der Waals surface area contributed by atoms with Crippen LogP contribution in [0.25, 0.3) is 0 Å². The Kier molecular flexibility index (Phi) is 14.0. The number of nitrogens with one attached hydrogen (secondary N) is 2. The first kappa shape index (κ1) is 43.0. The van der Waals surface area contributed by atoms with Crippen molar-refractivity contribution in [1.82, 2.24) is 15.5 Å². The molecular weight excluding hydrogens is 744 g/mol. The van der Waals surface area contributed by atoms with Crippen LogP contribution in [-0.4, -0.2) is 66.2 Å². The maximum Gasteiger partial charge on any atom is 0.471 e. The van der Waals surface area contributed by atoms with Crippen LogP contribution >= 0.6 is 11.6 Å². The van der Waals surface area contributed by atoms with Crippen molar-refractivity contribution in [3.8, 4) is 0 Å². The van der Waals surface area contributed by atoms with Crippen LogP contribution in [0.1, 0.15) is 82.7 Å². The van der Waals surface area contributed by atoms with E-state index in [1.807, 2.05) is 20.8 Å². The van der Waals surface area contributed by atoms with Crippen molar-refractivity contribution in [2.24, 2.45) is 5.41 Å². The summed E-state index contributed by atoms with van der Waals surface area (Å²) in [4.78, 5) is 54.3. The quantitative estimate of drug-likeness (QED) is 0.143. The van der Waals surface area contributed by atoms with Gasteiger partial charge in [-0.25, -0.2) is 9.18 Å². The molecule has 15 heteroatoms. The zero-order chi connectivity index (χ0) is 40.7. The number of hydrogen-bond donors (Lipinski definition) is 2. The van der Waals surface area contributed by atoms with E-state index in [-0.39, 0.29) is 38.2 Å². The molecule has 0 bridgehead atoms. The second-order valence-corrected chi connectivity index (χ2v) is 16.0. The van der Waals surface area contributed by atoms with Gasteiger partial charge in [0.05, 0.1) is 6.42 Å². The van der Waals surface area contributed by atoms with Crippen LogP contribution in [-0.2, 0) is 36.9 Å². The lowest BCUT2D eigenvalue weighted by molar-refractivity contribution is -0.186. The number of alkyl halides is 3. The second-order valence-electron chi connectivity index (χ2n) is 15.5. The van der Waals surface area contributed by atoms with Crippen LogP contribution < -0.4 is 15.5 Å². The first-order valence-electron chi connectivity index (χ1n) is 17.8. The van der Waals surface area contributed by atoms with Crippen molar-refractivity contribution < 1.29 is 46.2 Å². The Bertz CT molecular complexity index is 1860. The summed E-state index contributed by atoms with van der Waals surface area (Å²) in [6.45, 7) is 10.1. The number of alkyl carbamates (subject to hydrolysis) is 1. The third-order valence-electron chi connectivity index (χ3n) is 8.27. The summed E-state index contributed by atoms with van der Waals surface area (Å²) in [5.41, 5.74) is 0.785. The first-order valence-corrected chi connectivity index (χ1v) is 18.2. The Morgan fingerprint density at radius 1 is 0.945 bits per heavy atom. The molecule has 298 valence electrons. The summed E-state index contributed by atoms with van der Waals surface area (Å²) in [5.74, 6) is -3.62. The summed E-state index contributed by atoms with van der Waals surface area (Å²) in [7, 11) is 0. The van der Waals surface area contributed by atoms with Gasteiger partial charge in [-0.1, -0.05) is 74.8 Å². The van der Waals surface area contributed by atoms with Crippen LogP contribution in [0.15, 0.2) is 66.7 Å². The molecule has 3 aromatic rings. The summed E-state index contributed by atoms with van der Waals surface area (Å²) in [6.07, 6.45) is -8.67. The maximum absolute atomic E-state index is 14.3. The van der Waals surface area contributed by atoms with Crippen molar-refractivity contribution in [3.05, 3.63) is 99.8 Å². The summed E-state index contributed by atoms with van der Waals surface area (Å²) < 4.78 is 67.2. The minimum Gasteiger partial charge on any atom is -0.444 e. The molecule has 1 aliphatic heterocycles. The van der Waals surface area contributed by atoms with Crippen molar-refractivity contribution in [1.29, 1.82) is 0 Å². The highest BCUT2D eigenvalue weighted by atomic mass is 35.5. The molecular formula is C40H47ClF4N4O6. The van der Waals surface area contributed by atoms with Crippen molar-refractivity contribution in [2.45, 2.75) is 91.5 Å². The monoisotopic (exact) mass is 790 g/mol. The molecule has 1 aliphatic rings. The number of benzene rings is 3. The summed E-state index contributed by atoms with van der Waals surface area (Å²) >= 11 is 6.48. The lowest BCUT2D eigenvalue weighted by atomic mass is 9.94. The van der Waals surface area contributed by atoms with E-state index < -0.39 is 72.0 Å². The third kappa shape index (κ3) is 12.7. The molecule has 2 atom stereocenters. The zero-order valence-corrected chi connectivity index (χ0v) is 32.4. The van der Waals surface area contributed by atoms with Crippen molar-refractivity contribution >= 4 is 41.1 Å². The van der Waals surface area contributed by atoms with E-state index >= 15 is 0 Å². The highest BCUT2D eigenvalue weighted by molar-refractivity contribution is 6.30. The number of hydrogen-bond acceptors (Lipinski definition) is 6. The van der Waals surface area contributed by atoms with Gasteiger partial charge >= 0.3 is 18.2 Å². The molecule has 0 spiro atoms. The van der Waals surface area contributed by atoms with Gasteiger partial charge in [0.2, 0.25) is 5.91 Å². The van der Waals surface area contributed by atoms with Gasteiger partial charge in [0, 0.05) is 54.6 Å². The lowest BCUT2D eigenvalue weighted by Gasteiger charge is -2.31. The van der Waals surface area contributed by atoms with Crippen molar-refractivity contribution in [3.63, 3.8) is 0 Å². The number of anilines is 1. The molecule has 0 saturated heterocycles. The number of carbonyl (C=O) groups is 4. The Morgan fingerprint density at radius 2 is 1.65 bits per heavy atom. The van der Waals surface area contributed by atoms with E-state index in [0.29, 0.717) is 32.3 Å². The number of fused-ring (bicyclic) bond motifs is 1. The van der Waals surface area contributed by atoms with Gasteiger partial charge in [0.25, 0.3) is 5.91 Å². The molecule has 4 amide bonds. The SMILES string of the molecule is CC(C)(C)CN1C(=O)C(CC(=O)NCc2ccccc2F)OC(c2cccc(CN(CCCNC(=O)OC(C)(C)C)C(=O)C(F)(F)F)c2)c2cc(Cl)ccc21. The second kappa shape index (κ2) is 17.8. The highest BCUT2D eigenvalue weighted by Gasteiger charge is 2.43. The van der Waals surface area contributed by atoms with E-state index in [4.69, 9.17) is 21.1 Å². The minimum atomic E-state index is -5.16. The fourth-order valence-corrected chi connectivity index (χ4v) is 6.14. The summed E-state index contributed by atoms with van der Waals surface area (Å²) in [5, 5.41) is 5.47. The number of rotatable bonds is 12. The molecule has 0 aromatic heterocycles. The first-order chi connectivity index (χ1) is 25.6. The maximum atomic E-state index is 14.3. The number of carbonyl (C=O) groups excluding carboxylic acids is 4. The van der Waals surface area contributed by atoms with Gasteiger partial charge in [-0.2, -0.15) is 13.2 Å². The van der Waals surface area contributed by atoms with Crippen LogP contribution in [0, 0.1) is 11.2 Å². The van der Waals surface area contributed by atoms with E-state index in [2.05, 4.69) is 10.6 Å². The number of halogens is 5. The zero-order valence-electron chi connectivity index (χ0n) is 31.7. The molecule has 0 saturated carbocycles. The van der Waals surface area contributed by atoms with Gasteiger partial charge in [-0.3, -0.25) is 14.4 Å². The van der Waals surface area contributed by atoms with Gasteiger partial charge in [0.1, 0.15) is 23.6 Å². The van der Waals surface area contributed by atoms with E-state index in [1.165, 1.54) is 18.2 Å². The molecule has 0 aliphatic carbocycles. The smallest absolute Gasteiger partial charge is 0.444 e. The average Bonchev–Trinajstić information content (AvgIpc) is 3.17. The van der Waals surface area contributed by atoms with Crippen LogP contribution in [0.2, 0.25) is 5.02 Å². The van der Waals surface area contributed by atoms with Crippen molar-refractivity contribution in [2.75, 3.05) is 24.5 Å². The number of ether oxygens (including phenoxy) is 2. The molecule has 0 radical (unpaired) electrons. The Labute approximate surface area is 323 Å². The largest absolute Gasteiger partial charge is 0.471 e. The molecule has 55 heavy (non-hydrogen) atoms.